The molecule has 1 rings (SSSR count). The monoisotopic (exact) mass is 309 g/mol. The van der Waals surface area contributed by atoms with Crippen molar-refractivity contribution >= 4 is 5.97 Å². The molecule has 0 spiro atoms. The molecule has 126 valence electrons. The van der Waals surface area contributed by atoms with Gasteiger partial charge in [0.1, 0.15) is 12.4 Å². The van der Waals surface area contributed by atoms with Gasteiger partial charge in [-0.3, -0.25) is 0 Å². The second kappa shape index (κ2) is 11.3. The second-order valence-electron chi connectivity index (χ2n) is 6.28. The molecule has 0 aromatic carbocycles. The van der Waals surface area contributed by atoms with Crippen LogP contribution in [-0.2, 0) is 24.8 Å². The van der Waals surface area contributed by atoms with Crippen molar-refractivity contribution < 1.29 is 14.5 Å². The maximum atomic E-state index is 10.8. The van der Waals surface area contributed by atoms with Crippen molar-refractivity contribution in [2.75, 3.05) is 0 Å². The summed E-state index contributed by atoms with van der Waals surface area (Å²) in [6.45, 7) is 2.32. The van der Waals surface area contributed by atoms with Gasteiger partial charge in [0.25, 0.3) is 5.82 Å². The number of aryl methyl sites for hydroxylation is 1. The molecule has 0 atom stereocenters. The fourth-order valence-electron chi connectivity index (χ4n) is 2.94. The number of carboxylic acid groups (broad SMARTS) is 1. The van der Waals surface area contributed by atoms with Crippen LogP contribution < -0.4 is 4.57 Å². The van der Waals surface area contributed by atoms with E-state index < -0.39 is 5.97 Å². The molecule has 1 aromatic rings. The topological polar surface area (TPSA) is 46.1 Å². The summed E-state index contributed by atoms with van der Waals surface area (Å²) in [6, 6.07) is 0. The minimum atomic E-state index is -0.777. The van der Waals surface area contributed by atoms with Gasteiger partial charge in [-0.15, -0.1) is 0 Å². The lowest BCUT2D eigenvalue weighted by molar-refractivity contribution is -0.678. The smallest absolute Gasteiger partial charge is 0.346 e. The lowest BCUT2D eigenvalue weighted by Gasteiger charge is -2.03. The van der Waals surface area contributed by atoms with Crippen LogP contribution in [0.15, 0.2) is 12.4 Å². The van der Waals surface area contributed by atoms with E-state index in [-0.39, 0.29) is 6.54 Å². The average molecular weight is 309 g/mol. The summed E-state index contributed by atoms with van der Waals surface area (Å²) in [5.41, 5.74) is 0. The van der Waals surface area contributed by atoms with E-state index in [9.17, 15) is 4.79 Å². The van der Waals surface area contributed by atoms with Gasteiger partial charge in [-0.25, -0.2) is 13.9 Å². The van der Waals surface area contributed by atoms with Crippen molar-refractivity contribution in [1.82, 2.24) is 4.57 Å². The normalized spacial score (nSPS) is 11.0. The van der Waals surface area contributed by atoms with Crippen molar-refractivity contribution in [3.05, 3.63) is 18.2 Å². The van der Waals surface area contributed by atoms with Gasteiger partial charge in [0.15, 0.2) is 6.54 Å². The van der Waals surface area contributed by atoms with Crippen LogP contribution in [0.1, 0.15) is 77.0 Å². The van der Waals surface area contributed by atoms with E-state index in [0.29, 0.717) is 0 Å². The molecule has 0 aliphatic carbocycles. The predicted octanol–water partition coefficient (Wildman–Crippen LogP) is 3.86. The van der Waals surface area contributed by atoms with Crippen LogP contribution in [0.2, 0.25) is 0 Å². The molecule has 1 aromatic heterocycles. The SMILES string of the molecule is CCCCCCCCCCCCc1n(CC(=O)O)cc[n+]1C. The number of hydrogen-bond donors (Lipinski definition) is 1. The Hall–Kier alpha value is -1.32. The van der Waals surface area contributed by atoms with Crippen molar-refractivity contribution in [2.45, 2.75) is 84.1 Å². The van der Waals surface area contributed by atoms with Crippen molar-refractivity contribution in [3.63, 3.8) is 0 Å². The highest BCUT2D eigenvalue weighted by molar-refractivity contribution is 5.66. The van der Waals surface area contributed by atoms with Gasteiger partial charge in [-0.05, 0) is 6.42 Å². The Morgan fingerprint density at radius 3 is 2.14 bits per heavy atom. The van der Waals surface area contributed by atoms with Crippen LogP contribution in [0.3, 0.4) is 0 Å². The third-order valence-corrected chi connectivity index (χ3v) is 4.27. The molecular formula is C18H33N2O2+. The molecule has 4 nitrogen and oxygen atoms in total. The zero-order chi connectivity index (χ0) is 16.2. The van der Waals surface area contributed by atoms with Crippen LogP contribution in [-0.4, -0.2) is 15.6 Å². The quantitative estimate of drug-likeness (QED) is 0.444. The molecule has 0 radical (unpaired) electrons. The number of unbranched alkanes of at least 4 members (excludes halogenated alkanes) is 9. The molecule has 0 saturated carbocycles. The largest absolute Gasteiger partial charge is 0.478 e. The summed E-state index contributed by atoms with van der Waals surface area (Å²) in [7, 11) is 1.99. The molecule has 0 amide bonds. The van der Waals surface area contributed by atoms with Gasteiger partial charge in [-0.2, -0.15) is 0 Å². The highest BCUT2D eigenvalue weighted by Crippen LogP contribution is 2.11. The van der Waals surface area contributed by atoms with Gasteiger partial charge < -0.3 is 5.11 Å². The summed E-state index contributed by atoms with van der Waals surface area (Å²) < 4.78 is 3.88. The van der Waals surface area contributed by atoms with Gasteiger partial charge >= 0.3 is 5.97 Å². The van der Waals surface area contributed by atoms with Crippen LogP contribution in [0.4, 0.5) is 0 Å². The molecule has 22 heavy (non-hydrogen) atoms. The fourth-order valence-corrected chi connectivity index (χ4v) is 2.94. The lowest BCUT2D eigenvalue weighted by atomic mass is 10.1. The number of carbonyl (C=O) groups is 1. The number of hydrogen-bond acceptors (Lipinski definition) is 1. The van der Waals surface area contributed by atoms with E-state index in [1.807, 2.05) is 28.6 Å². The minimum absolute atomic E-state index is 0.0634. The van der Waals surface area contributed by atoms with E-state index >= 15 is 0 Å². The first-order chi connectivity index (χ1) is 10.6. The first-order valence-electron chi connectivity index (χ1n) is 8.90. The molecule has 0 aliphatic heterocycles. The first-order valence-corrected chi connectivity index (χ1v) is 8.90. The summed E-state index contributed by atoms with van der Waals surface area (Å²) in [6.07, 6.45) is 18.0. The van der Waals surface area contributed by atoms with Gasteiger partial charge in [0, 0.05) is 6.42 Å². The van der Waals surface area contributed by atoms with Crippen LogP contribution in [0.5, 0.6) is 0 Å². The zero-order valence-electron chi connectivity index (χ0n) is 14.4. The van der Waals surface area contributed by atoms with E-state index in [1.54, 1.807) is 0 Å². The Bertz CT molecular complexity index is 427. The van der Waals surface area contributed by atoms with E-state index in [0.717, 1.165) is 18.7 Å². The standard InChI is InChI=1S/C18H32N2O2/c1-3-4-5-6-7-8-9-10-11-12-13-17-19(2)14-15-20(17)16-18(21)22/h14-15H,3-13,16H2,1-2H3/p+1. The van der Waals surface area contributed by atoms with E-state index in [2.05, 4.69) is 6.92 Å². The summed E-state index contributed by atoms with van der Waals surface area (Å²) >= 11 is 0. The Morgan fingerprint density at radius 1 is 1.05 bits per heavy atom. The molecule has 0 fully saturated rings. The summed E-state index contributed by atoms with van der Waals surface area (Å²) in [5, 5.41) is 8.92. The fraction of sp³-hybridized carbons (Fsp3) is 0.778. The number of imidazole rings is 1. The molecule has 1 heterocycles. The molecule has 0 saturated heterocycles. The number of carboxylic acids is 1. The summed E-state index contributed by atoms with van der Waals surface area (Å²) in [5.74, 6) is 0.336. The Balaban J connectivity index is 2.10. The highest BCUT2D eigenvalue weighted by Gasteiger charge is 2.16. The third-order valence-electron chi connectivity index (χ3n) is 4.27. The molecule has 4 heteroatoms. The van der Waals surface area contributed by atoms with Gasteiger partial charge in [0.2, 0.25) is 0 Å². The van der Waals surface area contributed by atoms with Crippen LogP contribution in [0, 0.1) is 0 Å². The number of aliphatic carboxylic acids is 1. The molecule has 0 aliphatic rings. The van der Waals surface area contributed by atoms with Crippen molar-refractivity contribution in [1.29, 1.82) is 0 Å². The van der Waals surface area contributed by atoms with Gasteiger partial charge in [0.05, 0.1) is 7.05 Å². The number of nitrogens with zero attached hydrogens (tertiary/aromatic N) is 2. The van der Waals surface area contributed by atoms with Crippen LogP contribution in [0.25, 0.3) is 0 Å². The van der Waals surface area contributed by atoms with E-state index in [4.69, 9.17) is 5.11 Å². The molecule has 1 N–H and O–H groups in total. The lowest BCUT2D eigenvalue weighted by Crippen LogP contribution is -2.32. The van der Waals surface area contributed by atoms with Crippen molar-refractivity contribution in [2.24, 2.45) is 7.05 Å². The highest BCUT2D eigenvalue weighted by atomic mass is 16.4. The Kier molecular flexibility index (Phi) is 9.60. The van der Waals surface area contributed by atoms with Gasteiger partial charge in [-0.1, -0.05) is 64.7 Å². The van der Waals surface area contributed by atoms with Crippen molar-refractivity contribution in [3.8, 4) is 0 Å². The number of aromatic nitrogens is 2. The predicted molar refractivity (Wildman–Crippen MR) is 88.8 cm³/mol. The Morgan fingerprint density at radius 2 is 1.59 bits per heavy atom. The molecule has 0 unspecified atom stereocenters. The number of rotatable bonds is 13. The average Bonchev–Trinajstić information content (AvgIpc) is 2.81. The Labute approximate surface area is 135 Å². The third kappa shape index (κ3) is 7.62. The molecular weight excluding hydrogens is 276 g/mol. The maximum absolute atomic E-state index is 10.8. The maximum Gasteiger partial charge on any atom is 0.346 e. The second-order valence-corrected chi connectivity index (χ2v) is 6.28. The van der Waals surface area contributed by atoms with E-state index in [1.165, 1.54) is 57.8 Å². The molecule has 0 bridgehead atoms. The first kappa shape index (κ1) is 18.7. The zero-order valence-corrected chi connectivity index (χ0v) is 14.4. The van der Waals surface area contributed by atoms with Crippen LogP contribution >= 0.6 is 0 Å². The summed E-state index contributed by atoms with van der Waals surface area (Å²) in [4.78, 5) is 10.8. The minimum Gasteiger partial charge on any atom is -0.478 e.